The second-order valence-electron chi connectivity index (χ2n) is 3.93. The summed E-state index contributed by atoms with van der Waals surface area (Å²) in [5.74, 6) is 0.935. The van der Waals surface area contributed by atoms with E-state index in [0.29, 0.717) is 6.54 Å². The Morgan fingerprint density at radius 1 is 1.25 bits per heavy atom. The lowest BCUT2D eigenvalue weighted by molar-refractivity contribution is 0.244. The molecule has 0 aromatic heterocycles. The number of rotatable bonds is 7. The molecule has 90 valence electrons. The minimum atomic E-state index is 0.696. The third-order valence-electron chi connectivity index (χ3n) is 2.64. The Hall–Kier alpha value is -1.06. The van der Waals surface area contributed by atoms with E-state index in [4.69, 9.17) is 10.5 Å². The normalized spacial score (nSPS) is 10.8. The molecule has 3 heteroatoms. The molecule has 16 heavy (non-hydrogen) atoms. The largest absolute Gasteiger partial charge is 0.492 e. The van der Waals surface area contributed by atoms with E-state index in [0.717, 1.165) is 31.9 Å². The van der Waals surface area contributed by atoms with Crippen molar-refractivity contribution in [1.29, 1.82) is 0 Å². The number of benzene rings is 1. The van der Waals surface area contributed by atoms with Gasteiger partial charge in [0.25, 0.3) is 0 Å². The van der Waals surface area contributed by atoms with Gasteiger partial charge < -0.3 is 15.4 Å². The first-order chi connectivity index (χ1) is 7.76. The van der Waals surface area contributed by atoms with Crippen molar-refractivity contribution < 1.29 is 4.74 Å². The molecule has 0 aliphatic carbocycles. The van der Waals surface area contributed by atoms with E-state index >= 15 is 0 Å². The van der Waals surface area contributed by atoms with Crippen LogP contribution in [-0.4, -0.2) is 38.2 Å². The van der Waals surface area contributed by atoms with E-state index in [-0.39, 0.29) is 0 Å². The second-order valence-corrected chi connectivity index (χ2v) is 3.93. The van der Waals surface area contributed by atoms with Crippen LogP contribution >= 0.6 is 0 Å². The molecule has 1 aromatic carbocycles. The first-order valence-corrected chi connectivity index (χ1v) is 5.86. The van der Waals surface area contributed by atoms with Crippen molar-refractivity contribution in [3.05, 3.63) is 29.8 Å². The monoisotopic (exact) mass is 222 g/mol. The van der Waals surface area contributed by atoms with Crippen LogP contribution in [-0.2, 0) is 6.42 Å². The summed E-state index contributed by atoms with van der Waals surface area (Å²) in [6.07, 6.45) is 0.929. The van der Waals surface area contributed by atoms with Gasteiger partial charge in [-0.3, -0.25) is 0 Å². The molecule has 2 N–H and O–H groups in total. The Kier molecular flexibility index (Phi) is 5.90. The van der Waals surface area contributed by atoms with Gasteiger partial charge in [-0.2, -0.15) is 0 Å². The number of hydrogen-bond acceptors (Lipinski definition) is 3. The minimum absolute atomic E-state index is 0.696. The van der Waals surface area contributed by atoms with Gasteiger partial charge in [-0.15, -0.1) is 0 Å². The molecule has 0 aliphatic rings. The topological polar surface area (TPSA) is 38.5 Å². The first kappa shape index (κ1) is 13.0. The predicted molar refractivity (Wildman–Crippen MR) is 67.9 cm³/mol. The highest BCUT2D eigenvalue weighted by molar-refractivity contribution is 5.27. The van der Waals surface area contributed by atoms with Gasteiger partial charge in [0.15, 0.2) is 0 Å². The molecule has 0 saturated carbocycles. The van der Waals surface area contributed by atoms with E-state index < -0.39 is 0 Å². The fraction of sp³-hybridized carbons (Fsp3) is 0.538. The van der Waals surface area contributed by atoms with E-state index in [2.05, 4.69) is 31.0 Å². The highest BCUT2D eigenvalue weighted by Crippen LogP contribution is 2.12. The van der Waals surface area contributed by atoms with Crippen LogP contribution in [0.3, 0.4) is 0 Å². The molecule has 0 radical (unpaired) electrons. The third kappa shape index (κ3) is 4.64. The summed E-state index contributed by atoms with van der Waals surface area (Å²) in [6, 6.07) is 8.17. The Morgan fingerprint density at radius 2 is 1.94 bits per heavy atom. The molecular formula is C13H22N2O. The molecule has 3 nitrogen and oxygen atoms in total. The number of hydrogen-bond donors (Lipinski definition) is 1. The molecule has 0 amide bonds. The van der Waals surface area contributed by atoms with Crippen LogP contribution in [0.1, 0.15) is 12.5 Å². The number of nitrogens with zero attached hydrogens (tertiary/aromatic N) is 1. The van der Waals surface area contributed by atoms with Crippen molar-refractivity contribution in [3.63, 3.8) is 0 Å². The molecule has 0 spiro atoms. The zero-order chi connectivity index (χ0) is 11.8. The zero-order valence-electron chi connectivity index (χ0n) is 10.3. The summed E-state index contributed by atoms with van der Waals surface area (Å²) in [4.78, 5) is 2.22. The molecule has 0 heterocycles. The maximum atomic E-state index is 5.64. The summed E-state index contributed by atoms with van der Waals surface area (Å²) < 4.78 is 5.64. The molecule has 0 saturated heterocycles. The lowest BCUT2D eigenvalue weighted by atomic mass is 10.1. The van der Waals surface area contributed by atoms with E-state index in [1.807, 2.05) is 12.1 Å². The lowest BCUT2D eigenvalue weighted by Gasteiger charge is -2.14. The van der Waals surface area contributed by atoms with Gasteiger partial charge in [0.2, 0.25) is 0 Å². The van der Waals surface area contributed by atoms with Crippen LogP contribution in [0.4, 0.5) is 0 Å². The standard InChI is InChI=1S/C13H22N2O/c1-3-15(2)10-11-16-13-6-4-12(5-7-13)8-9-14/h4-7H,3,8-11,14H2,1-2H3. The van der Waals surface area contributed by atoms with Crippen molar-refractivity contribution in [2.75, 3.05) is 33.3 Å². The maximum absolute atomic E-state index is 5.64. The maximum Gasteiger partial charge on any atom is 0.119 e. The lowest BCUT2D eigenvalue weighted by Crippen LogP contribution is -2.23. The zero-order valence-corrected chi connectivity index (χ0v) is 10.3. The molecule has 0 fully saturated rings. The molecule has 0 atom stereocenters. The van der Waals surface area contributed by atoms with Gasteiger partial charge in [0.1, 0.15) is 12.4 Å². The van der Waals surface area contributed by atoms with Crippen LogP contribution in [0.25, 0.3) is 0 Å². The molecule has 0 aliphatic heterocycles. The van der Waals surface area contributed by atoms with Crippen molar-refractivity contribution in [1.82, 2.24) is 4.90 Å². The van der Waals surface area contributed by atoms with Crippen LogP contribution in [0, 0.1) is 0 Å². The highest BCUT2D eigenvalue weighted by Gasteiger charge is 1.97. The summed E-state index contributed by atoms with van der Waals surface area (Å²) in [5.41, 5.74) is 6.76. The number of nitrogens with two attached hydrogens (primary N) is 1. The summed E-state index contributed by atoms with van der Waals surface area (Å²) >= 11 is 0. The predicted octanol–water partition coefficient (Wildman–Crippen LogP) is 1.52. The van der Waals surface area contributed by atoms with Gasteiger partial charge in [0.05, 0.1) is 0 Å². The van der Waals surface area contributed by atoms with Gasteiger partial charge in [-0.1, -0.05) is 19.1 Å². The number of ether oxygens (including phenoxy) is 1. The second kappa shape index (κ2) is 7.25. The minimum Gasteiger partial charge on any atom is -0.492 e. The number of likely N-dealkylation sites (N-methyl/N-ethyl adjacent to an activating group) is 1. The van der Waals surface area contributed by atoms with Crippen molar-refractivity contribution in [2.45, 2.75) is 13.3 Å². The molecule has 0 unspecified atom stereocenters. The Morgan fingerprint density at radius 3 is 2.50 bits per heavy atom. The van der Waals surface area contributed by atoms with Crippen LogP contribution < -0.4 is 10.5 Å². The SMILES string of the molecule is CCN(C)CCOc1ccc(CCN)cc1. The average Bonchev–Trinajstić information content (AvgIpc) is 2.31. The van der Waals surface area contributed by atoms with Crippen LogP contribution in [0.5, 0.6) is 5.75 Å². The summed E-state index contributed by atoms with van der Waals surface area (Å²) in [5, 5.41) is 0. The van der Waals surface area contributed by atoms with Gasteiger partial charge in [0, 0.05) is 6.54 Å². The molecule has 1 rings (SSSR count). The van der Waals surface area contributed by atoms with E-state index in [9.17, 15) is 0 Å². The Labute approximate surface area is 98.2 Å². The molecule has 0 bridgehead atoms. The Bertz CT molecular complexity index is 284. The average molecular weight is 222 g/mol. The fourth-order valence-corrected chi connectivity index (χ4v) is 1.40. The summed E-state index contributed by atoms with van der Waals surface area (Å²) in [6.45, 7) is 5.59. The highest BCUT2D eigenvalue weighted by atomic mass is 16.5. The third-order valence-corrected chi connectivity index (χ3v) is 2.64. The van der Waals surface area contributed by atoms with Crippen molar-refractivity contribution in [2.24, 2.45) is 5.73 Å². The van der Waals surface area contributed by atoms with Gasteiger partial charge >= 0.3 is 0 Å². The van der Waals surface area contributed by atoms with E-state index in [1.54, 1.807) is 0 Å². The van der Waals surface area contributed by atoms with Gasteiger partial charge in [-0.25, -0.2) is 0 Å². The smallest absolute Gasteiger partial charge is 0.119 e. The first-order valence-electron chi connectivity index (χ1n) is 5.86. The van der Waals surface area contributed by atoms with Crippen molar-refractivity contribution in [3.8, 4) is 5.75 Å². The van der Waals surface area contributed by atoms with Crippen LogP contribution in [0.15, 0.2) is 24.3 Å². The molecular weight excluding hydrogens is 200 g/mol. The Balaban J connectivity index is 2.31. The summed E-state index contributed by atoms with van der Waals surface area (Å²) in [7, 11) is 2.09. The fourth-order valence-electron chi connectivity index (χ4n) is 1.40. The van der Waals surface area contributed by atoms with Crippen LogP contribution in [0.2, 0.25) is 0 Å². The quantitative estimate of drug-likeness (QED) is 0.760. The molecule has 1 aromatic rings. The van der Waals surface area contributed by atoms with Crippen molar-refractivity contribution >= 4 is 0 Å². The van der Waals surface area contributed by atoms with E-state index in [1.165, 1.54) is 5.56 Å². The van der Waals surface area contributed by atoms with Gasteiger partial charge in [-0.05, 0) is 44.3 Å².